The summed E-state index contributed by atoms with van der Waals surface area (Å²) in [6.07, 6.45) is 16.1. The molecule has 2 atom stereocenters. The highest BCUT2D eigenvalue weighted by atomic mass is 127. The smallest absolute Gasteiger partial charge is 0.326 e. The largest absolute Gasteiger partial charge is 0.392 e. The van der Waals surface area contributed by atoms with Crippen molar-refractivity contribution in [3.63, 3.8) is 0 Å². The van der Waals surface area contributed by atoms with Gasteiger partial charge < -0.3 is 4.74 Å². The Morgan fingerprint density at radius 1 is 0.640 bits per heavy atom. The van der Waals surface area contributed by atoms with Gasteiger partial charge in [-0.25, -0.2) is 0 Å². The van der Waals surface area contributed by atoms with Gasteiger partial charge in [0.05, 0.1) is 0 Å². The zero-order chi connectivity index (χ0) is 18.9. The third-order valence-corrected chi connectivity index (χ3v) is 6.60. The molecule has 0 aromatic heterocycles. The number of carbonyl (C=O) groups is 2. The molecule has 0 aromatic rings. The summed E-state index contributed by atoms with van der Waals surface area (Å²) in [7, 11) is 0. The Morgan fingerprint density at radius 2 is 0.960 bits per heavy atom. The molecule has 3 nitrogen and oxygen atoms in total. The maximum Gasteiger partial charge on any atom is 0.326 e. The van der Waals surface area contributed by atoms with Crippen LogP contribution in [0.2, 0.25) is 0 Å². The van der Waals surface area contributed by atoms with Crippen molar-refractivity contribution in [2.45, 2.75) is 112 Å². The Balaban J connectivity index is 3.77. The fourth-order valence-corrected chi connectivity index (χ4v) is 3.81. The van der Waals surface area contributed by atoms with Crippen molar-refractivity contribution < 1.29 is 14.3 Å². The van der Waals surface area contributed by atoms with E-state index < -0.39 is 0 Å². The van der Waals surface area contributed by atoms with Crippen LogP contribution in [0.15, 0.2) is 0 Å². The van der Waals surface area contributed by atoms with E-state index >= 15 is 0 Å². The molecule has 5 heteroatoms. The van der Waals surface area contributed by atoms with Crippen molar-refractivity contribution >= 4 is 57.1 Å². The summed E-state index contributed by atoms with van der Waals surface area (Å²) >= 11 is 4.22. The Morgan fingerprint density at radius 3 is 1.32 bits per heavy atom. The Hall–Kier alpha value is 0.600. The standard InChI is InChI=1S/C20H36I2O3/c1-3-5-7-9-11-13-15-17(21)19(23)25-20(24)18(22)16-14-12-10-8-6-4-2/h17-18H,3-16H2,1-2H3. The Labute approximate surface area is 182 Å². The minimum atomic E-state index is -0.358. The molecule has 0 N–H and O–H groups in total. The number of hydrogen-bond donors (Lipinski definition) is 0. The highest BCUT2D eigenvalue weighted by molar-refractivity contribution is 14.1. The van der Waals surface area contributed by atoms with E-state index in [1.54, 1.807) is 0 Å². The third kappa shape index (κ3) is 15.4. The number of hydrogen-bond acceptors (Lipinski definition) is 3. The van der Waals surface area contributed by atoms with Crippen molar-refractivity contribution in [2.75, 3.05) is 0 Å². The third-order valence-electron chi connectivity index (χ3n) is 4.33. The number of esters is 2. The van der Waals surface area contributed by atoms with Gasteiger partial charge in [-0.3, -0.25) is 9.59 Å². The molecule has 148 valence electrons. The maximum atomic E-state index is 12.0. The molecule has 25 heavy (non-hydrogen) atoms. The zero-order valence-corrected chi connectivity index (χ0v) is 20.3. The van der Waals surface area contributed by atoms with E-state index in [1.165, 1.54) is 51.4 Å². The van der Waals surface area contributed by atoms with Crippen LogP contribution in [-0.2, 0) is 14.3 Å². The van der Waals surface area contributed by atoms with E-state index in [9.17, 15) is 9.59 Å². The molecule has 0 fully saturated rings. The molecule has 0 amide bonds. The number of carbonyl (C=O) groups excluding carboxylic acids is 2. The lowest BCUT2D eigenvalue weighted by atomic mass is 10.1. The first-order valence-corrected chi connectivity index (χ1v) is 12.6. The molecule has 0 aromatic carbocycles. The molecule has 0 radical (unpaired) electrons. The fourth-order valence-electron chi connectivity index (χ4n) is 2.67. The van der Waals surface area contributed by atoms with Crippen LogP contribution >= 0.6 is 45.2 Å². The van der Waals surface area contributed by atoms with Crippen LogP contribution in [-0.4, -0.2) is 19.8 Å². The fraction of sp³-hybridized carbons (Fsp3) is 0.900. The first kappa shape index (κ1) is 25.6. The van der Waals surface area contributed by atoms with E-state index in [-0.39, 0.29) is 19.8 Å². The van der Waals surface area contributed by atoms with Gasteiger partial charge in [0.15, 0.2) is 0 Å². The Bertz CT molecular complexity index is 316. The van der Waals surface area contributed by atoms with Crippen LogP contribution in [0, 0.1) is 0 Å². The van der Waals surface area contributed by atoms with Crippen molar-refractivity contribution in [3.05, 3.63) is 0 Å². The number of unbranched alkanes of at least 4 members (excludes halogenated alkanes) is 10. The molecule has 0 heterocycles. The molecule has 0 spiro atoms. The second-order valence-corrected chi connectivity index (χ2v) is 9.80. The second-order valence-electron chi connectivity index (χ2n) is 6.79. The van der Waals surface area contributed by atoms with E-state index in [4.69, 9.17) is 4.74 Å². The summed E-state index contributed by atoms with van der Waals surface area (Å²) in [5.41, 5.74) is 0. The average molecular weight is 578 g/mol. The molecule has 0 aliphatic rings. The van der Waals surface area contributed by atoms with Crippen LogP contribution in [0.3, 0.4) is 0 Å². The van der Waals surface area contributed by atoms with Gasteiger partial charge in [0.2, 0.25) is 0 Å². The first-order chi connectivity index (χ1) is 12.0. The van der Waals surface area contributed by atoms with Crippen LogP contribution in [0.4, 0.5) is 0 Å². The molecule has 0 bridgehead atoms. The molecule has 0 rings (SSSR count). The molecule has 0 saturated heterocycles. The zero-order valence-electron chi connectivity index (χ0n) is 16.0. The molecule has 0 aliphatic carbocycles. The van der Waals surface area contributed by atoms with Crippen LogP contribution in [0.1, 0.15) is 104 Å². The van der Waals surface area contributed by atoms with Crippen molar-refractivity contribution in [1.82, 2.24) is 0 Å². The first-order valence-electron chi connectivity index (χ1n) is 10.1. The molecular weight excluding hydrogens is 542 g/mol. The van der Waals surface area contributed by atoms with Gasteiger partial charge in [-0.2, -0.15) is 0 Å². The average Bonchev–Trinajstić information content (AvgIpc) is 2.60. The van der Waals surface area contributed by atoms with Gasteiger partial charge in [0.1, 0.15) is 7.85 Å². The lowest BCUT2D eigenvalue weighted by Gasteiger charge is -2.12. The predicted octanol–water partition coefficient (Wildman–Crippen LogP) is 7.16. The van der Waals surface area contributed by atoms with E-state index in [0.29, 0.717) is 0 Å². The van der Waals surface area contributed by atoms with E-state index in [2.05, 4.69) is 59.0 Å². The number of halogens is 2. The van der Waals surface area contributed by atoms with Crippen LogP contribution in [0.5, 0.6) is 0 Å². The lowest BCUT2D eigenvalue weighted by Crippen LogP contribution is -2.26. The summed E-state index contributed by atoms with van der Waals surface area (Å²) in [5.74, 6) is -0.715. The monoisotopic (exact) mass is 578 g/mol. The minimum absolute atomic E-state index is 0.203. The normalized spacial score (nSPS) is 13.4. The molecule has 0 aliphatic heterocycles. The van der Waals surface area contributed by atoms with E-state index in [0.717, 1.165) is 38.5 Å². The van der Waals surface area contributed by atoms with Gasteiger partial charge in [0.25, 0.3) is 0 Å². The second kappa shape index (κ2) is 18.0. The molecular formula is C20H36I2O3. The van der Waals surface area contributed by atoms with Gasteiger partial charge in [-0.05, 0) is 12.8 Å². The topological polar surface area (TPSA) is 43.4 Å². The van der Waals surface area contributed by atoms with Crippen molar-refractivity contribution in [1.29, 1.82) is 0 Å². The summed E-state index contributed by atoms with van der Waals surface area (Å²) < 4.78 is 4.67. The summed E-state index contributed by atoms with van der Waals surface area (Å²) in [6.45, 7) is 4.42. The highest BCUT2D eigenvalue weighted by Gasteiger charge is 2.23. The van der Waals surface area contributed by atoms with Crippen molar-refractivity contribution in [3.8, 4) is 0 Å². The van der Waals surface area contributed by atoms with Crippen LogP contribution < -0.4 is 0 Å². The molecule has 2 unspecified atom stereocenters. The van der Waals surface area contributed by atoms with Gasteiger partial charge in [-0.15, -0.1) is 0 Å². The minimum Gasteiger partial charge on any atom is -0.392 e. The number of alkyl halides is 2. The summed E-state index contributed by atoms with van der Waals surface area (Å²) in [4.78, 5) is 24.0. The van der Waals surface area contributed by atoms with Crippen LogP contribution in [0.25, 0.3) is 0 Å². The Kier molecular flexibility index (Phi) is 18.4. The molecule has 0 saturated carbocycles. The van der Waals surface area contributed by atoms with Gasteiger partial charge in [0, 0.05) is 0 Å². The number of ether oxygens (including phenoxy) is 1. The van der Waals surface area contributed by atoms with Gasteiger partial charge >= 0.3 is 11.9 Å². The van der Waals surface area contributed by atoms with Gasteiger partial charge in [-0.1, -0.05) is 136 Å². The predicted molar refractivity (Wildman–Crippen MR) is 123 cm³/mol. The summed E-state index contributed by atoms with van der Waals surface area (Å²) in [6, 6.07) is 0. The van der Waals surface area contributed by atoms with Crippen molar-refractivity contribution in [2.24, 2.45) is 0 Å². The number of rotatable bonds is 16. The highest BCUT2D eigenvalue weighted by Crippen LogP contribution is 2.18. The van der Waals surface area contributed by atoms with E-state index in [1.807, 2.05) is 0 Å². The SMILES string of the molecule is CCCCCCCCC(I)C(=O)OC(=O)C(I)CCCCCCCC. The quantitative estimate of drug-likeness (QED) is 0.0642. The lowest BCUT2D eigenvalue weighted by molar-refractivity contribution is -0.158. The maximum absolute atomic E-state index is 12.0. The summed E-state index contributed by atoms with van der Waals surface area (Å²) in [5, 5.41) is 0.